The molecule has 1 aromatic carbocycles. The zero-order valence-electron chi connectivity index (χ0n) is 12.7. The summed E-state index contributed by atoms with van der Waals surface area (Å²) in [6.45, 7) is -1.54. The van der Waals surface area contributed by atoms with Crippen LogP contribution in [0.15, 0.2) is 42.6 Å². The number of nitrogens with zero attached hydrogens (tertiary/aromatic N) is 2. The van der Waals surface area contributed by atoms with Gasteiger partial charge in [0.25, 0.3) is 5.91 Å². The number of carbonyl (C=O) groups excluding carboxylic acids is 1. The summed E-state index contributed by atoms with van der Waals surface area (Å²) in [4.78, 5) is 15.7. The quantitative estimate of drug-likeness (QED) is 0.864. The van der Waals surface area contributed by atoms with Crippen molar-refractivity contribution in [2.45, 2.75) is 6.18 Å². The fourth-order valence-corrected chi connectivity index (χ4v) is 1.71. The first-order chi connectivity index (χ1) is 11.9. The molecule has 0 atom stereocenters. The van der Waals surface area contributed by atoms with E-state index >= 15 is 0 Å². The average molecular weight is 351 g/mol. The molecule has 0 unspecified atom stereocenters. The number of amides is 1. The summed E-state index contributed by atoms with van der Waals surface area (Å²) >= 11 is 0. The predicted molar refractivity (Wildman–Crippen MR) is 81.3 cm³/mol. The Labute approximate surface area is 140 Å². The molecule has 0 aliphatic heterocycles. The summed E-state index contributed by atoms with van der Waals surface area (Å²) < 4.78 is 45.7. The normalized spacial score (nSPS) is 10.6. The van der Waals surface area contributed by atoms with Crippen LogP contribution in [0.5, 0.6) is 11.6 Å². The predicted octanol–water partition coefficient (Wildman–Crippen LogP) is 3.18. The van der Waals surface area contributed by atoms with Gasteiger partial charge in [-0.25, -0.2) is 4.98 Å². The monoisotopic (exact) mass is 351 g/mol. The van der Waals surface area contributed by atoms with Gasteiger partial charge >= 0.3 is 6.18 Å². The van der Waals surface area contributed by atoms with Crippen LogP contribution in [0.25, 0.3) is 0 Å². The molecular formula is C16H12F3N3O3. The lowest BCUT2D eigenvalue weighted by molar-refractivity contribution is -0.154. The summed E-state index contributed by atoms with van der Waals surface area (Å²) in [5.74, 6) is -0.235. The van der Waals surface area contributed by atoms with Crippen LogP contribution in [-0.4, -0.2) is 30.3 Å². The van der Waals surface area contributed by atoms with Gasteiger partial charge in [0.1, 0.15) is 11.8 Å². The molecule has 0 aliphatic carbocycles. The molecule has 2 rings (SSSR count). The number of nitriles is 1. The Balaban J connectivity index is 1.93. The third kappa shape index (κ3) is 6.02. The SMILES string of the molecule is N#CCOc1ccc(NC(=O)c2ccc(OCC(F)(F)F)nc2)cc1. The van der Waals surface area contributed by atoms with Crippen LogP contribution in [0, 0.1) is 11.3 Å². The lowest BCUT2D eigenvalue weighted by Crippen LogP contribution is -2.19. The van der Waals surface area contributed by atoms with E-state index in [1.54, 1.807) is 24.3 Å². The molecular weight excluding hydrogens is 339 g/mol. The van der Waals surface area contributed by atoms with E-state index in [0.29, 0.717) is 11.4 Å². The van der Waals surface area contributed by atoms with Crippen LogP contribution in [0.1, 0.15) is 10.4 Å². The molecule has 1 heterocycles. The number of alkyl halides is 3. The number of ether oxygens (including phenoxy) is 2. The second-order valence-electron chi connectivity index (χ2n) is 4.71. The molecule has 0 spiro atoms. The van der Waals surface area contributed by atoms with Gasteiger partial charge in [0, 0.05) is 18.0 Å². The molecule has 1 aromatic heterocycles. The van der Waals surface area contributed by atoms with Gasteiger partial charge < -0.3 is 14.8 Å². The van der Waals surface area contributed by atoms with Gasteiger partial charge in [-0.05, 0) is 30.3 Å². The Morgan fingerprint density at radius 3 is 2.44 bits per heavy atom. The van der Waals surface area contributed by atoms with Crippen LogP contribution >= 0.6 is 0 Å². The maximum Gasteiger partial charge on any atom is 0.422 e. The first-order valence-corrected chi connectivity index (χ1v) is 6.94. The van der Waals surface area contributed by atoms with E-state index in [2.05, 4.69) is 15.0 Å². The van der Waals surface area contributed by atoms with Crippen molar-refractivity contribution in [3.8, 4) is 17.7 Å². The molecule has 130 valence electrons. The van der Waals surface area contributed by atoms with Crippen molar-refractivity contribution in [1.82, 2.24) is 4.98 Å². The molecule has 0 fully saturated rings. The maximum atomic E-state index is 12.1. The number of rotatable bonds is 6. The van der Waals surface area contributed by atoms with E-state index < -0.39 is 18.7 Å². The van der Waals surface area contributed by atoms with Crippen molar-refractivity contribution in [1.29, 1.82) is 5.26 Å². The number of hydrogen-bond acceptors (Lipinski definition) is 5. The highest BCUT2D eigenvalue weighted by atomic mass is 19.4. The van der Waals surface area contributed by atoms with Crippen molar-refractivity contribution < 1.29 is 27.4 Å². The van der Waals surface area contributed by atoms with Crippen molar-refractivity contribution in [3.05, 3.63) is 48.2 Å². The Bertz CT molecular complexity index is 753. The highest BCUT2D eigenvalue weighted by Gasteiger charge is 2.28. The van der Waals surface area contributed by atoms with Crippen LogP contribution in [0.3, 0.4) is 0 Å². The Hall–Kier alpha value is -3.28. The molecule has 6 nitrogen and oxygen atoms in total. The molecule has 0 radical (unpaired) electrons. The van der Waals surface area contributed by atoms with Gasteiger partial charge in [-0.1, -0.05) is 0 Å². The molecule has 2 aromatic rings. The number of anilines is 1. The van der Waals surface area contributed by atoms with Gasteiger partial charge in [0.05, 0.1) is 5.56 Å². The first kappa shape index (κ1) is 18.1. The van der Waals surface area contributed by atoms with Gasteiger partial charge in [0.15, 0.2) is 13.2 Å². The summed E-state index contributed by atoms with van der Waals surface area (Å²) in [6, 6.07) is 10.6. The number of carbonyl (C=O) groups is 1. The van der Waals surface area contributed by atoms with Crippen molar-refractivity contribution in [2.75, 3.05) is 18.5 Å². The van der Waals surface area contributed by atoms with Gasteiger partial charge in [-0.15, -0.1) is 0 Å². The molecule has 1 N–H and O–H groups in total. The fraction of sp³-hybridized carbons (Fsp3) is 0.188. The topological polar surface area (TPSA) is 84.2 Å². The average Bonchev–Trinajstić information content (AvgIpc) is 2.59. The van der Waals surface area contributed by atoms with Gasteiger partial charge in [-0.2, -0.15) is 18.4 Å². The lowest BCUT2D eigenvalue weighted by Gasteiger charge is -2.09. The second-order valence-corrected chi connectivity index (χ2v) is 4.71. The molecule has 0 saturated carbocycles. The highest BCUT2D eigenvalue weighted by molar-refractivity contribution is 6.04. The van der Waals surface area contributed by atoms with E-state index in [4.69, 9.17) is 10.00 Å². The van der Waals surface area contributed by atoms with Crippen molar-refractivity contribution in [2.24, 2.45) is 0 Å². The zero-order chi connectivity index (χ0) is 18.3. The van der Waals surface area contributed by atoms with E-state index in [0.717, 1.165) is 6.20 Å². The molecule has 25 heavy (non-hydrogen) atoms. The Morgan fingerprint density at radius 2 is 1.88 bits per heavy atom. The third-order valence-corrected chi connectivity index (χ3v) is 2.80. The third-order valence-electron chi connectivity index (χ3n) is 2.80. The van der Waals surface area contributed by atoms with Gasteiger partial charge in [0.2, 0.25) is 5.88 Å². The summed E-state index contributed by atoms with van der Waals surface area (Å²) in [7, 11) is 0. The minimum absolute atomic E-state index is 0.0832. The van der Waals surface area contributed by atoms with Crippen molar-refractivity contribution >= 4 is 11.6 Å². The first-order valence-electron chi connectivity index (χ1n) is 6.94. The summed E-state index contributed by atoms with van der Waals surface area (Å²) in [5.41, 5.74) is 0.635. The smallest absolute Gasteiger partial charge is 0.422 e. The number of halogens is 3. The number of aromatic nitrogens is 1. The Morgan fingerprint density at radius 1 is 1.16 bits per heavy atom. The van der Waals surface area contributed by atoms with Gasteiger partial charge in [-0.3, -0.25) is 4.79 Å². The van der Waals surface area contributed by atoms with Crippen LogP contribution in [-0.2, 0) is 0 Å². The largest absolute Gasteiger partial charge is 0.479 e. The molecule has 0 aliphatic rings. The number of hydrogen-bond donors (Lipinski definition) is 1. The van der Waals surface area contributed by atoms with Crippen LogP contribution in [0.4, 0.5) is 18.9 Å². The minimum Gasteiger partial charge on any atom is -0.479 e. The minimum atomic E-state index is -4.46. The summed E-state index contributed by atoms with van der Waals surface area (Å²) in [6.07, 6.45) is -3.34. The fourth-order valence-electron chi connectivity index (χ4n) is 1.71. The van der Waals surface area contributed by atoms with E-state index in [1.165, 1.54) is 12.1 Å². The second kappa shape index (κ2) is 8.01. The highest BCUT2D eigenvalue weighted by Crippen LogP contribution is 2.18. The number of pyridine rings is 1. The van der Waals surface area contributed by atoms with E-state index in [-0.39, 0.29) is 18.1 Å². The van der Waals surface area contributed by atoms with Crippen LogP contribution < -0.4 is 14.8 Å². The Kier molecular flexibility index (Phi) is 5.79. The standard InChI is InChI=1S/C16H12F3N3O3/c17-16(18,19)10-25-14-6-1-11(9-21-14)15(23)22-12-2-4-13(5-3-12)24-8-7-20/h1-6,9H,8,10H2,(H,22,23). The maximum absolute atomic E-state index is 12.1. The number of benzene rings is 1. The molecule has 9 heteroatoms. The van der Waals surface area contributed by atoms with E-state index in [9.17, 15) is 18.0 Å². The molecule has 0 bridgehead atoms. The van der Waals surface area contributed by atoms with Crippen LogP contribution in [0.2, 0.25) is 0 Å². The molecule has 0 saturated heterocycles. The van der Waals surface area contributed by atoms with Crippen molar-refractivity contribution in [3.63, 3.8) is 0 Å². The zero-order valence-corrected chi connectivity index (χ0v) is 12.7. The summed E-state index contributed by atoms with van der Waals surface area (Å²) in [5, 5.41) is 11.0. The lowest BCUT2D eigenvalue weighted by atomic mass is 10.2. The number of nitrogens with one attached hydrogen (secondary N) is 1. The molecule has 1 amide bonds. The van der Waals surface area contributed by atoms with E-state index in [1.807, 2.05) is 6.07 Å².